The molecule has 3 nitrogen and oxygen atoms in total. The Balaban J connectivity index is 1.89. The Morgan fingerprint density at radius 2 is 1.44 bits per heavy atom. The highest BCUT2D eigenvalue weighted by atomic mass is 35.5. The Kier molecular flexibility index (Phi) is 4.47. The Hall–Kier alpha value is -2.33. The molecular weight excluding hydrogens is 381 g/mol. The monoisotopic (exact) mass is 397 g/mol. The highest BCUT2D eigenvalue weighted by Gasteiger charge is 2.51. The van der Waals surface area contributed by atoms with Crippen LogP contribution >= 0.6 is 23.2 Å². The zero-order chi connectivity index (χ0) is 19.2. The molecule has 0 fully saturated rings. The molecule has 1 aliphatic rings. The summed E-state index contributed by atoms with van der Waals surface area (Å²) in [6.07, 6.45) is 0. The molecule has 3 aromatic carbocycles. The van der Waals surface area contributed by atoms with Gasteiger partial charge in [0.25, 0.3) is 5.91 Å². The van der Waals surface area contributed by atoms with Gasteiger partial charge >= 0.3 is 0 Å². The van der Waals surface area contributed by atoms with Crippen molar-refractivity contribution in [2.24, 2.45) is 0 Å². The SMILES string of the molecule is C[C@@H](c1ccc(Cl)cc1)N1C(=O)c2ccccc2C1(O)c1ccc(Cl)cc1. The first-order valence-electron chi connectivity index (χ1n) is 8.60. The molecule has 0 aliphatic carbocycles. The van der Waals surface area contributed by atoms with Gasteiger partial charge in [-0.2, -0.15) is 0 Å². The molecule has 136 valence electrons. The lowest BCUT2D eigenvalue weighted by Gasteiger charge is -2.39. The van der Waals surface area contributed by atoms with Crippen LogP contribution in [0.1, 0.15) is 40.0 Å². The van der Waals surface area contributed by atoms with Gasteiger partial charge < -0.3 is 5.11 Å². The Morgan fingerprint density at radius 3 is 2.07 bits per heavy atom. The fourth-order valence-corrected chi connectivity index (χ4v) is 3.96. The maximum absolute atomic E-state index is 13.2. The molecule has 4 rings (SSSR count). The molecule has 5 heteroatoms. The third-order valence-electron chi connectivity index (χ3n) is 5.09. The number of carbonyl (C=O) groups is 1. The lowest BCUT2D eigenvalue weighted by molar-refractivity contribution is -0.0677. The van der Waals surface area contributed by atoms with Crippen molar-refractivity contribution in [1.82, 2.24) is 4.90 Å². The summed E-state index contributed by atoms with van der Waals surface area (Å²) in [6.45, 7) is 1.90. The molecule has 0 spiro atoms. The van der Waals surface area contributed by atoms with E-state index in [1.165, 1.54) is 4.90 Å². The van der Waals surface area contributed by atoms with Crippen molar-refractivity contribution in [3.8, 4) is 0 Å². The van der Waals surface area contributed by atoms with E-state index in [1.54, 1.807) is 54.6 Å². The zero-order valence-electron chi connectivity index (χ0n) is 14.6. The third kappa shape index (κ3) is 2.83. The molecule has 1 aliphatic heterocycles. The van der Waals surface area contributed by atoms with Gasteiger partial charge in [0.05, 0.1) is 6.04 Å². The summed E-state index contributed by atoms with van der Waals surface area (Å²) in [4.78, 5) is 14.8. The molecule has 3 aromatic rings. The maximum atomic E-state index is 13.2. The number of aliphatic hydroxyl groups is 1. The van der Waals surface area contributed by atoms with Crippen LogP contribution in [0.2, 0.25) is 10.0 Å². The van der Waals surface area contributed by atoms with Gasteiger partial charge in [-0.25, -0.2) is 0 Å². The van der Waals surface area contributed by atoms with Crippen LogP contribution in [0.15, 0.2) is 72.8 Å². The molecule has 0 radical (unpaired) electrons. The van der Waals surface area contributed by atoms with E-state index in [4.69, 9.17) is 23.2 Å². The van der Waals surface area contributed by atoms with Crippen LogP contribution in [-0.2, 0) is 5.72 Å². The van der Waals surface area contributed by atoms with E-state index in [2.05, 4.69) is 0 Å². The minimum absolute atomic E-state index is 0.217. The van der Waals surface area contributed by atoms with E-state index in [0.29, 0.717) is 26.7 Å². The molecule has 0 bridgehead atoms. The summed E-state index contributed by atoms with van der Waals surface area (Å²) >= 11 is 12.0. The average molecular weight is 398 g/mol. The fraction of sp³-hybridized carbons (Fsp3) is 0.136. The highest BCUT2D eigenvalue weighted by Crippen LogP contribution is 2.46. The van der Waals surface area contributed by atoms with Crippen LogP contribution < -0.4 is 0 Å². The summed E-state index contributed by atoms with van der Waals surface area (Å²) in [5.74, 6) is -0.217. The number of fused-ring (bicyclic) bond motifs is 1. The summed E-state index contributed by atoms with van der Waals surface area (Å²) in [5.41, 5.74) is 0.949. The Bertz CT molecular complexity index is 1000. The molecule has 1 heterocycles. The minimum atomic E-state index is -1.59. The van der Waals surface area contributed by atoms with Crippen molar-refractivity contribution in [3.63, 3.8) is 0 Å². The van der Waals surface area contributed by atoms with E-state index < -0.39 is 5.72 Å². The number of halogens is 2. The lowest BCUT2D eigenvalue weighted by Crippen LogP contribution is -2.46. The van der Waals surface area contributed by atoms with Crippen molar-refractivity contribution in [2.45, 2.75) is 18.7 Å². The molecule has 1 unspecified atom stereocenters. The number of benzene rings is 3. The fourth-order valence-electron chi connectivity index (χ4n) is 3.70. The quantitative estimate of drug-likeness (QED) is 0.642. The van der Waals surface area contributed by atoms with E-state index in [0.717, 1.165) is 5.56 Å². The summed E-state index contributed by atoms with van der Waals surface area (Å²) in [5, 5.41) is 13.0. The van der Waals surface area contributed by atoms with E-state index in [-0.39, 0.29) is 11.9 Å². The predicted octanol–water partition coefficient (Wildman–Crippen LogP) is 5.40. The van der Waals surface area contributed by atoms with Crippen LogP contribution in [0.4, 0.5) is 0 Å². The lowest BCUT2D eigenvalue weighted by atomic mass is 9.92. The molecule has 1 amide bonds. The van der Waals surface area contributed by atoms with Crippen molar-refractivity contribution in [2.75, 3.05) is 0 Å². The van der Waals surface area contributed by atoms with Gasteiger partial charge in [0.2, 0.25) is 0 Å². The molecule has 27 heavy (non-hydrogen) atoms. The smallest absolute Gasteiger partial charge is 0.257 e. The van der Waals surface area contributed by atoms with E-state index >= 15 is 0 Å². The van der Waals surface area contributed by atoms with Gasteiger partial charge in [0, 0.05) is 26.7 Å². The summed E-state index contributed by atoms with van der Waals surface area (Å²) < 4.78 is 0. The number of carbonyl (C=O) groups excluding carboxylic acids is 1. The average Bonchev–Trinajstić information content (AvgIpc) is 2.91. The number of hydrogen-bond donors (Lipinski definition) is 1. The largest absolute Gasteiger partial charge is 0.363 e. The van der Waals surface area contributed by atoms with Gasteiger partial charge in [0.15, 0.2) is 5.72 Å². The van der Waals surface area contributed by atoms with Crippen molar-refractivity contribution in [3.05, 3.63) is 105 Å². The van der Waals surface area contributed by atoms with Crippen molar-refractivity contribution >= 4 is 29.1 Å². The van der Waals surface area contributed by atoms with Gasteiger partial charge in [0.1, 0.15) is 0 Å². The van der Waals surface area contributed by atoms with Gasteiger partial charge in [-0.05, 0) is 42.8 Å². The molecule has 2 atom stereocenters. The minimum Gasteiger partial charge on any atom is -0.363 e. The topological polar surface area (TPSA) is 40.5 Å². The van der Waals surface area contributed by atoms with Crippen molar-refractivity contribution < 1.29 is 9.90 Å². The standard InChI is InChI=1S/C22H17Cl2NO2/c1-14(15-6-10-17(23)11-7-15)25-21(26)19-4-2-3-5-20(19)22(25,27)16-8-12-18(24)13-9-16/h2-14,27H,1H3/t14-,22?/m0/s1. The van der Waals surface area contributed by atoms with E-state index in [1.807, 2.05) is 25.1 Å². The summed E-state index contributed by atoms with van der Waals surface area (Å²) in [6, 6.07) is 21.0. The Labute approximate surface area is 167 Å². The highest BCUT2D eigenvalue weighted by molar-refractivity contribution is 6.30. The first-order valence-corrected chi connectivity index (χ1v) is 9.35. The van der Waals surface area contributed by atoms with Crippen LogP contribution in [0, 0.1) is 0 Å². The molecule has 0 saturated heterocycles. The second-order valence-electron chi connectivity index (χ2n) is 6.63. The molecular formula is C22H17Cl2NO2. The van der Waals surface area contributed by atoms with Crippen molar-refractivity contribution in [1.29, 1.82) is 0 Å². The number of amides is 1. The van der Waals surface area contributed by atoms with Gasteiger partial charge in [-0.15, -0.1) is 0 Å². The number of hydrogen-bond acceptors (Lipinski definition) is 2. The molecule has 0 aromatic heterocycles. The zero-order valence-corrected chi connectivity index (χ0v) is 16.1. The van der Waals surface area contributed by atoms with Crippen LogP contribution in [-0.4, -0.2) is 15.9 Å². The predicted molar refractivity (Wildman–Crippen MR) is 107 cm³/mol. The molecule has 0 saturated carbocycles. The summed E-state index contributed by atoms with van der Waals surface area (Å²) in [7, 11) is 0. The normalized spacial score (nSPS) is 19.9. The van der Waals surface area contributed by atoms with Gasteiger partial charge in [-0.1, -0.05) is 65.7 Å². The van der Waals surface area contributed by atoms with Crippen LogP contribution in [0.25, 0.3) is 0 Å². The second-order valence-corrected chi connectivity index (χ2v) is 7.50. The second kappa shape index (κ2) is 6.68. The third-order valence-corrected chi connectivity index (χ3v) is 5.59. The first kappa shape index (κ1) is 18.1. The molecule has 1 N–H and O–H groups in total. The van der Waals surface area contributed by atoms with E-state index in [9.17, 15) is 9.90 Å². The van der Waals surface area contributed by atoms with Crippen LogP contribution in [0.5, 0.6) is 0 Å². The first-order chi connectivity index (χ1) is 12.9. The van der Waals surface area contributed by atoms with Crippen LogP contribution in [0.3, 0.4) is 0 Å². The Morgan fingerprint density at radius 1 is 0.889 bits per heavy atom. The maximum Gasteiger partial charge on any atom is 0.257 e. The number of nitrogens with zero attached hydrogens (tertiary/aromatic N) is 1. The van der Waals surface area contributed by atoms with Gasteiger partial charge in [-0.3, -0.25) is 9.69 Å². The number of rotatable bonds is 3.